The molecule has 0 aliphatic carbocycles. The summed E-state index contributed by atoms with van der Waals surface area (Å²) in [6, 6.07) is 13.0. The van der Waals surface area contributed by atoms with Gasteiger partial charge in [0.05, 0.1) is 0 Å². The Morgan fingerprint density at radius 1 is 1.11 bits per heavy atom. The molecule has 0 fully saturated rings. The maximum Gasteiger partial charge on any atom is 0.257 e. The summed E-state index contributed by atoms with van der Waals surface area (Å²) >= 11 is 14.9. The third kappa shape index (κ3) is 5.47. The Morgan fingerprint density at radius 2 is 1.82 bits per heavy atom. The van der Waals surface area contributed by atoms with Crippen molar-refractivity contribution in [3.05, 3.63) is 69.2 Å². The van der Waals surface area contributed by atoms with Crippen LogP contribution in [0.5, 0.6) is 0 Å². The van der Waals surface area contributed by atoms with Crippen molar-refractivity contribution in [3.8, 4) is 0 Å². The van der Waals surface area contributed by atoms with Crippen LogP contribution in [-0.2, 0) is 11.2 Å². The number of nitrogens with one attached hydrogen (secondary N) is 1. The lowest BCUT2D eigenvalue weighted by atomic mass is 9.87. The van der Waals surface area contributed by atoms with Crippen LogP contribution in [0.3, 0.4) is 0 Å². The quantitative estimate of drug-likeness (QED) is 0.346. The normalized spacial score (nSPS) is 11.5. The van der Waals surface area contributed by atoms with Gasteiger partial charge in [-0.05, 0) is 40.8 Å². The molecule has 146 valence electrons. The van der Waals surface area contributed by atoms with Crippen LogP contribution in [0, 0.1) is 0 Å². The van der Waals surface area contributed by atoms with E-state index in [2.05, 4.69) is 36.3 Å². The summed E-state index contributed by atoms with van der Waals surface area (Å²) < 4.78 is 0.754. The van der Waals surface area contributed by atoms with E-state index >= 15 is 0 Å². The number of benzene rings is 2. The number of thioether (sulfide) groups is 1. The zero-order valence-corrected chi connectivity index (χ0v) is 18.8. The highest BCUT2D eigenvalue weighted by molar-refractivity contribution is 8.00. The average molecular weight is 452 g/mol. The fourth-order valence-corrected chi connectivity index (χ4v) is 4.69. The van der Waals surface area contributed by atoms with Gasteiger partial charge in [-0.15, -0.1) is 10.2 Å². The van der Waals surface area contributed by atoms with Crippen molar-refractivity contribution >= 4 is 57.3 Å². The highest BCUT2D eigenvalue weighted by atomic mass is 35.5. The topological polar surface area (TPSA) is 54.9 Å². The molecule has 0 radical (unpaired) electrons. The predicted molar refractivity (Wildman–Crippen MR) is 119 cm³/mol. The summed E-state index contributed by atoms with van der Waals surface area (Å²) in [7, 11) is 0. The van der Waals surface area contributed by atoms with Gasteiger partial charge in [0, 0.05) is 21.4 Å². The van der Waals surface area contributed by atoms with Crippen LogP contribution in [-0.4, -0.2) is 16.1 Å². The van der Waals surface area contributed by atoms with Crippen molar-refractivity contribution in [2.24, 2.45) is 0 Å². The minimum atomic E-state index is -0.200. The number of hydrogen-bond donors (Lipinski definition) is 1. The molecule has 2 aromatic carbocycles. The fraction of sp³-hybridized carbons (Fsp3) is 0.250. The van der Waals surface area contributed by atoms with Gasteiger partial charge < -0.3 is 0 Å². The number of amides is 1. The first kappa shape index (κ1) is 21.1. The van der Waals surface area contributed by atoms with E-state index in [1.165, 1.54) is 28.7 Å². The van der Waals surface area contributed by atoms with Crippen molar-refractivity contribution < 1.29 is 4.79 Å². The number of rotatable bonds is 5. The number of anilines is 1. The highest BCUT2D eigenvalue weighted by Crippen LogP contribution is 2.31. The Morgan fingerprint density at radius 3 is 2.46 bits per heavy atom. The molecular formula is C20H19Cl2N3OS2. The molecule has 0 aliphatic rings. The summed E-state index contributed by atoms with van der Waals surface area (Å²) in [4.78, 5) is 12.4. The largest absolute Gasteiger partial charge is 0.296 e. The van der Waals surface area contributed by atoms with E-state index in [1.807, 2.05) is 30.3 Å². The van der Waals surface area contributed by atoms with Crippen molar-refractivity contribution in [1.82, 2.24) is 10.2 Å². The number of nitrogens with zero attached hydrogens (tertiary/aromatic N) is 2. The van der Waals surface area contributed by atoms with Crippen LogP contribution in [0.2, 0.25) is 10.0 Å². The molecule has 3 rings (SSSR count). The predicted octanol–water partition coefficient (Wildman–Crippen LogP) is 6.69. The highest BCUT2D eigenvalue weighted by Gasteiger charge is 2.15. The van der Waals surface area contributed by atoms with Crippen LogP contribution in [0.15, 0.2) is 46.8 Å². The zero-order valence-electron chi connectivity index (χ0n) is 15.6. The van der Waals surface area contributed by atoms with Crippen LogP contribution in [0.4, 0.5) is 5.13 Å². The van der Waals surface area contributed by atoms with Crippen molar-refractivity contribution in [2.45, 2.75) is 36.3 Å². The minimum absolute atomic E-state index is 0.0489. The molecule has 1 aromatic heterocycles. The maximum atomic E-state index is 12.4. The molecule has 0 bridgehead atoms. The molecule has 0 saturated carbocycles. The molecule has 1 heterocycles. The number of aromatic nitrogens is 2. The summed E-state index contributed by atoms with van der Waals surface area (Å²) in [6.45, 7) is 6.42. The van der Waals surface area contributed by atoms with Gasteiger partial charge in [-0.1, -0.05) is 85.3 Å². The SMILES string of the molecule is CC(C)(C)c1ccc(C(=O)Nc2nnc(SCc3ccc(Cl)cc3Cl)s2)cc1. The maximum absolute atomic E-state index is 12.4. The third-order valence-electron chi connectivity index (χ3n) is 4.01. The minimum Gasteiger partial charge on any atom is -0.296 e. The smallest absolute Gasteiger partial charge is 0.257 e. The second kappa shape index (κ2) is 8.82. The molecule has 0 spiro atoms. The molecule has 3 aromatic rings. The van der Waals surface area contributed by atoms with Gasteiger partial charge in [-0.3, -0.25) is 10.1 Å². The Bertz CT molecular complexity index is 982. The molecule has 0 atom stereocenters. The number of carbonyl (C=O) groups excluding carboxylic acids is 1. The zero-order chi connectivity index (χ0) is 20.3. The van der Waals surface area contributed by atoms with Crippen LogP contribution in [0.1, 0.15) is 42.3 Å². The molecule has 0 aliphatic heterocycles. The number of hydrogen-bond acceptors (Lipinski definition) is 5. The standard InChI is InChI=1S/C20H19Cl2N3OS2/c1-20(2,3)14-7-4-12(5-8-14)17(26)23-18-24-25-19(28-18)27-11-13-6-9-15(21)10-16(13)22/h4-10H,11H2,1-3H3,(H,23,24,26). The Balaban J connectivity index is 1.60. The first-order chi connectivity index (χ1) is 13.2. The summed E-state index contributed by atoms with van der Waals surface area (Å²) in [6.07, 6.45) is 0. The molecule has 8 heteroatoms. The summed E-state index contributed by atoms with van der Waals surface area (Å²) in [5, 5.41) is 12.7. The van der Waals surface area contributed by atoms with Crippen molar-refractivity contribution in [2.75, 3.05) is 5.32 Å². The van der Waals surface area contributed by atoms with Crippen LogP contribution in [0.25, 0.3) is 0 Å². The Kier molecular flexibility index (Phi) is 6.65. The molecule has 0 unspecified atom stereocenters. The van der Waals surface area contributed by atoms with E-state index in [0.717, 1.165) is 9.90 Å². The van der Waals surface area contributed by atoms with Crippen LogP contribution >= 0.6 is 46.3 Å². The van der Waals surface area contributed by atoms with Crippen LogP contribution < -0.4 is 5.32 Å². The molecule has 1 N–H and O–H groups in total. The van der Waals surface area contributed by atoms with E-state index in [9.17, 15) is 4.79 Å². The second-order valence-corrected chi connectivity index (χ2v) is 10.2. The van der Waals surface area contributed by atoms with Gasteiger partial charge in [-0.2, -0.15) is 0 Å². The molecule has 28 heavy (non-hydrogen) atoms. The van der Waals surface area contributed by atoms with E-state index < -0.39 is 0 Å². The van der Waals surface area contributed by atoms with Gasteiger partial charge in [-0.25, -0.2) is 0 Å². The molecule has 0 saturated heterocycles. The van der Waals surface area contributed by atoms with Gasteiger partial charge in [0.1, 0.15) is 0 Å². The molecule has 4 nitrogen and oxygen atoms in total. The first-order valence-corrected chi connectivity index (χ1v) is 11.1. The van der Waals surface area contributed by atoms with E-state index in [4.69, 9.17) is 23.2 Å². The van der Waals surface area contributed by atoms with Gasteiger partial charge in [0.25, 0.3) is 5.91 Å². The Hall–Kier alpha value is -1.60. The molecule has 1 amide bonds. The monoisotopic (exact) mass is 451 g/mol. The number of halogens is 2. The third-order valence-corrected chi connectivity index (χ3v) is 6.61. The average Bonchev–Trinajstić information content (AvgIpc) is 3.07. The Labute approximate surface area is 182 Å². The lowest BCUT2D eigenvalue weighted by molar-refractivity contribution is 0.102. The lowest BCUT2D eigenvalue weighted by Crippen LogP contribution is -2.14. The van der Waals surface area contributed by atoms with Gasteiger partial charge in [0.2, 0.25) is 5.13 Å². The van der Waals surface area contributed by atoms with E-state index in [1.54, 1.807) is 12.1 Å². The lowest BCUT2D eigenvalue weighted by Gasteiger charge is -2.18. The fourth-order valence-electron chi connectivity index (χ4n) is 2.39. The summed E-state index contributed by atoms with van der Waals surface area (Å²) in [5.41, 5.74) is 2.79. The van der Waals surface area contributed by atoms with Gasteiger partial charge >= 0.3 is 0 Å². The number of carbonyl (C=O) groups is 1. The first-order valence-electron chi connectivity index (χ1n) is 8.54. The van der Waals surface area contributed by atoms with E-state index in [0.29, 0.717) is 26.5 Å². The molecular weight excluding hydrogens is 433 g/mol. The van der Waals surface area contributed by atoms with E-state index in [-0.39, 0.29) is 11.3 Å². The van der Waals surface area contributed by atoms with Crippen molar-refractivity contribution in [1.29, 1.82) is 0 Å². The summed E-state index contributed by atoms with van der Waals surface area (Å²) in [5.74, 6) is 0.446. The second-order valence-electron chi connectivity index (χ2n) is 7.18. The van der Waals surface area contributed by atoms with Crippen molar-refractivity contribution in [3.63, 3.8) is 0 Å². The van der Waals surface area contributed by atoms with Gasteiger partial charge in [0.15, 0.2) is 4.34 Å².